The number of nitrogens with zero attached hydrogens (tertiary/aromatic N) is 1. The number of benzene rings is 1. The smallest absolute Gasteiger partial charge is 0.410 e. The average Bonchev–Trinajstić information content (AvgIpc) is 2.61. The van der Waals surface area contributed by atoms with Crippen molar-refractivity contribution in [2.24, 2.45) is 0 Å². The molecule has 2 heterocycles. The van der Waals surface area contributed by atoms with E-state index in [0.29, 0.717) is 29.6 Å². The highest BCUT2D eigenvalue weighted by atomic mass is 35.5. The van der Waals surface area contributed by atoms with Crippen molar-refractivity contribution in [3.8, 4) is 0 Å². The molecule has 0 spiro atoms. The SMILES string of the molecule is CC(C)(C)OC(=O)N1CCC[C@H](NC(=O)CC2CCNc3c(Cl)cc(Cl)cc32)C1. The molecule has 0 aromatic heterocycles. The van der Waals surface area contributed by atoms with Crippen molar-refractivity contribution < 1.29 is 14.3 Å². The number of amides is 2. The molecule has 2 N–H and O–H groups in total. The van der Waals surface area contributed by atoms with Gasteiger partial charge in [-0.05, 0) is 63.6 Å². The van der Waals surface area contributed by atoms with Crippen molar-refractivity contribution in [2.45, 2.75) is 64.0 Å². The quantitative estimate of drug-likeness (QED) is 0.706. The molecule has 1 unspecified atom stereocenters. The Morgan fingerprint density at radius 1 is 1.28 bits per heavy atom. The first kappa shape index (κ1) is 22.0. The lowest BCUT2D eigenvalue weighted by Crippen LogP contribution is -2.50. The number of carbonyl (C=O) groups excluding carboxylic acids is 2. The molecule has 29 heavy (non-hydrogen) atoms. The van der Waals surface area contributed by atoms with E-state index in [9.17, 15) is 9.59 Å². The van der Waals surface area contributed by atoms with Crippen LogP contribution in [0.5, 0.6) is 0 Å². The van der Waals surface area contributed by atoms with Gasteiger partial charge in [0.05, 0.1) is 10.7 Å². The molecule has 160 valence electrons. The summed E-state index contributed by atoms with van der Waals surface area (Å²) in [6.45, 7) is 7.44. The van der Waals surface area contributed by atoms with Gasteiger partial charge in [0.15, 0.2) is 0 Å². The highest BCUT2D eigenvalue weighted by molar-refractivity contribution is 6.36. The number of hydrogen-bond donors (Lipinski definition) is 2. The number of ether oxygens (including phenoxy) is 1. The minimum atomic E-state index is -0.530. The summed E-state index contributed by atoms with van der Waals surface area (Å²) < 4.78 is 5.46. The summed E-state index contributed by atoms with van der Waals surface area (Å²) in [5.41, 5.74) is 1.33. The van der Waals surface area contributed by atoms with Gasteiger partial charge in [-0.2, -0.15) is 0 Å². The molecule has 1 fully saturated rings. The summed E-state index contributed by atoms with van der Waals surface area (Å²) in [6.07, 6.45) is 2.57. The Hall–Kier alpha value is -1.66. The Morgan fingerprint density at radius 2 is 2.03 bits per heavy atom. The lowest BCUT2D eigenvalue weighted by Gasteiger charge is -2.35. The van der Waals surface area contributed by atoms with Crippen LogP contribution in [-0.2, 0) is 9.53 Å². The van der Waals surface area contributed by atoms with Crippen LogP contribution >= 0.6 is 23.2 Å². The molecule has 0 saturated carbocycles. The number of likely N-dealkylation sites (tertiary alicyclic amines) is 1. The zero-order valence-corrected chi connectivity index (χ0v) is 18.7. The van der Waals surface area contributed by atoms with Gasteiger partial charge in [0.1, 0.15) is 5.60 Å². The minimum absolute atomic E-state index is 0.0185. The van der Waals surface area contributed by atoms with Crippen LogP contribution in [0.2, 0.25) is 10.0 Å². The maximum atomic E-state index is 12.7. The molecule has 1 saturated heterocycles. The molecule has 2 atom stereocenters. The molecule has 3 rings (SSSR count). The van der Waals surface area contributed by atoms with Crippen molar-refractivity contribution in [2.75, 3.05) is 25.0 Å². The van der Waals surface area contributed by atoms with Crippen molar-refractivity contribution in [1.82, 2.24) is 10.2 Å². The second-order valence-corrected chi connectivity index (χ2v) is 9.64. The molecule has 2 amide bonds. The summed E-state index contributed by atoms with van der Waals surface area (Å²) in [6, 6.07) is 3.54. The maximum Gasteiger partial charge on any atom is 0.410 e. The van der Waals surface area contributed by atoms with Crippen LogP contribution in [0.1, 0.15) is 57.9 Å². The molecule has 8 heteroatoms. The standard InChI is InChI=1S/C21H29Cl2N3O3/c1-21(2,3)29-20(28)26-8-4-5-15(12-26)25-18(27)9-13-6-7-24-19-16(13)10-14(22)11-17(19)23/h10-11,13,15,24H,4-9,12H2,1-3H3,(H,25,27)/t13?,15-/m0/s1. The van der Waals surface area contributed by atoms with E-state index in [1.807, 2.05) is 26.8 Å². The fraction of sp³-hybridized carbons (Fsp3) is 0.619. The number of anilines is 1. The zero-order chi connectivity index (χ0) is 21.2. The molecule has 2 aliphatic heterocycles. The molecule has 1 aromatic rings. The Bertz CT molecular complexity index is 779. The van der Waals surface area contributed by atoms with Crippen LogP contribution in [0, 0.1) is 0 Å². The molecule has 0 aliphatic carbocycles. The van der Waals surface area contributed by atoms with Crippen LogP contribution in [0.4, 0.5) is 10.5 Å². The molecule has 0 radical (unpaired) electrons. The number of halogens is 2. The zero-order valence-electron chi connectivity index (χ0n) is 17.2. The van der Waals surface area contributed by atoms with Crippen LogP contribution < -0.4 is 10.6 Å². The Balaban J connectivity index is 1.58. The summed E-state index contributed by atoms with van der Waals surface area (Å²) in [4.78, 5) is 26.7. The number of carbonyl (C=O) groups is 2. The fourth-order valence-corrected chi connectivity index (χ4v) is 4.51. The first-order valence-electron chi connectivity index (χ1n) is 10.1. The van der Waals surface area contributed by atoms with Gasteiger partial charge in [0.25, 0.3) is 0 Å². The summed E-state index contributed by atoms with van der Waals surface area (Å²) >= 11 is 12.5. The largest absolute Gasteiger partial charge is 0.444 e. The third-order valence-electron chi connectivity index (χ3n) is 5.19. The van der Waals surface area contributed by atoms with E-state index in [1.165, 1.54) is 0 Å². The average molecular weight is 442 g/mol. The van der Waals surface area contributed by atoms with E-state index in [4.69, 9.17) is 27.9 Å². The maximum absolute atomic E-state index is 12.7. The Morgan fingerprint density at radius 3 is 2.76 bits per heavy atom. The predicted molar refractivity (Wildman–Crippen MR) is 116 cm³/mol. The highest BCUT2D eigenvalue weighted by Gasteiger charge is 2.30. The third kappa shape index (κ3) is 5.92. The van der Waals surface area contributed by atoms with Crippen molar-refractivity contribution in [3.05, 3.63) is 27.7 Å². The predicted octanol–water partition coefficient (Wildman–Crippen LogP) is 4.80. The number of fused-ring (bicyclic) bond motifs is 1. The van der Waals surface area contributed by atoms with Gasteiger partial charge >= 0.3 is 6.09 Å². The van der Waals surface area contributed by atoms with E-state index in [-0.39, 0.29) is 24.0 Å². The number of nitrogens with one attached hydrogen (secondary N) is 2. The van der Waals surface area contributed by atoms with Crippen LogP contribution in [0.25, 0.3) is 0 Å². The molecule has 1 aromatic carbocycles. The molecule has 2 aliphatic rings. The lowest BCUT2D eigenvalue weighted by atomic mass is 9.88. The fourth-order valence-electron chi connectivity index (χ4n) is 3.94. The summed E-state index contributed by atoms with van der Waals surface area (Å²) in [5.74, 6) is 0.0444. The third-order valence-corrected chi connectivity index (χ3v) is 5.71. The number of piperidine rings is 1. The minimum Gasteiger partial charge on any atom is -0.444 e. The van der Waals surface area contributed by atoms with Gasteiger partial charge in [0, 0.05) is 37.1 Å². The van der Waals surface area contributed by atoms with Crippen LogP contribution in [-0.4, -0.2) is 48.2 Å². The highest BCUT2D eigenvalue weighted by Crippen LogP contribution is 2.40. The van der Waals surface area contributed by atoms with E-state index in [2.05, 4.69) is 10.6 Å². The van der Waals surface area contributed by atoms with Gasteiger partial charge in [-0.1, -0.05) is 23.2 Å². The van der Waals surface area contributed by atoms with E-state index >= 15 is 0 Å². The van der Waals surface area contributed by atoms with Gasteiger partial charge < -0.3 is 20.3 Å². The van der Waals surface area contributed by atoms with E-state index in [0.717, 1.165) is 37.1 Å². The summed E-state index contributed by atoms with van der Waals surface area (Å²) in [5, 5.41) is 7.55. The number of rotatable bonds is 3. The molecule has 6 nitrogen and oxygen atoms in total. The van der Waals surface area contributed by atoms with Gasteiger partial charge in [0.2, 0.25) is 5.91 Å². The van der Waals surface area contributed by atoms with Crippen LogP contribution in [0.15, 0.2) is 12.1 Å². The van der Waals surface area contributed by atoms with Crippen LogP contribution in [0.3, 0.4) is 0 Å². The van der Waals surface area contributed by atoms with Crippen molar-refractivity contribution in [3.63, 3.8) is 0 Å². The van der Waals surface area contributed by atoms with Gasteiger partial charge in [-0.15, -0.1) is 0 Å². The normalized spacial score (nSPS) is 21.8. The van der Waals surface area contributed by atoms with Gasteiger partial charge in [-0.25, -0.2) is 4.79 Å². The topological polar surface area (TPSA) is 70.7 Å². The molecular formula is C21H29Cl2N3O3. The van der Waals surface area contributed by atoms with E-state index in [1.54, 1.807) is 11.0 Å². The first-order valence-corrected chi connectivity index (χ1v) is 10.9. The monoisotopic (exact) mass is 441 g/mol. The molecular weight excluding hydrogens is 413 g/mol. The van der Waals surface area contributed by atoms with Crippen molar-refractivity contribution >= 4 is 40.9 Å². The second kappa shape index (κ2) is 9.00. The molecule has 0 bridgehead atoms. The second-order valence-electron chi connectivity index (χ2n) is 8.80. The Labute approximate surface area is 182 Å². The van der Waals surface area contributed by atoms with Crippen molar-refractivity contribution in [1.29, 1.82) is 0 Å². The van der Waals surface area contributed by atoms with E-state index < -0.39 is 5.60 Å². The first-order chi connectivity index (χ1) is 13.6. The van der Waals surface area contributed by atoms with Gasteiger partial charge in [-0.3, -0.25) is 4.79 Å². The number of hydrogen-bond acceptors (Lipinski definition) is 4. The Kier molecular flexibility index (Phi) is 6.84. The lowest BCUT2D eigenvalue weighted by molar-refractivity contribution is -0.122. The summed E-state index contributed by atoms with van der Waals surface area (Å²) in [7, 11) is 0.